The van der Waals surface area contributed by atoms with E-state index >= 15 is 0 Å². The van der Waals surface area contributed by atoms with Crippen molar-refractivity contribution in [3.8, 4) is 5.75 Å². The third-order valence-electron chi connectivity index (χ3n) is 2.80. The van der Waals surface area contributed by atoms with Crippen molar-refractivity contribution >= 4 is 29.1 Å². The number of nitro groups is 1. The van der Waals surface area contributed by atoms with E-state index in [1.54, 1.807) is 19.1 Å². The van der Waals surface area contributed by atoms with E-state index in [4.69, 9.17) is 16.3 Å². The first kappa shape index (κ1) is 16.6. The summed E-state index contributed by atoms with van der Waals surface area (Å²) < 4.78 is 5.35. The van der Waals surface area contributed by atoms with Crippen molar-refractivity contribution in [3.63, 3.8) is 0 Å². The number of ether oxygens (including phenoxy) is 1. The highest BCUT2D eigenvalue weighted by atomic mass is 35.5. The number of nitrogens with zero attached hydrogens (tertiary/aromatic N) is 3. The summed E-state index contributed by atoms with van der Waals surface area (Å²) in [6.07, 6.45) is 0.410. The molecule has 0 radical (unpaired) electrons. The maximum atomic E-state index is 12.1. The summed E-state index contributed by atoms with van der Waals surface area (Å²) in [5.41, 5.74) is 0.478. The van der Waals surface area contributed by atoms with Crippen molar-refractivity contribution in [2.75, 3.05) is 5.32 Å². The summed E-state index contributed by atoms with van der Waals surface area (Å²) >= 11 is 5.71. The van der Waals surface area contributed by atoms with Gasteiger partial charge in [-0.05, 0) is 41.1 Å². The monoisotopic (exact) mass is 336 g/mol. The average Bonchev–Trinajstić information content (AvgIpc) is 2.51. The number of carbonyl (C=O) groups excluding carboxylic acids is 1. The molecular formula is C14H13ClN4O4. The van der Waals surface area contributed by atoms with Crippen molar-refractivity contribution in [1.29, 1.82) is 0 Å². The second-order valence-corrected chi connectivity index (χ2v) is 5.08. The van der Waals surface area contributed by atoms with E-state index in [1.165, 1.54) is 25.3 Å². The van der Waals surface area contributed by atoms with Crippen LogP contribution in [0.25, 0.3) is 0 Å². The van der Waals surface area contributed by atoms with Crippen LogP contribution in [0.4, 0.5) is 11.6 Å². The van der Waals surface area contributed by atoms with Gasteiger partial charge < -0.3 is 20.2 Å². The Morgan fingerprint density at radius 3 is 2.74 bits per heavy atom. The highest BCUT2D eigenvalue weighted by Crippen LogP contribution is 2.25. The molecule has 120 valence electrons. The average molecular weight is 337 g/mol. The fourth-order valence-corrected chi connectivity index (χ4v) is 1.79. The number of aromatic nitrogens is 2. The molecule has 0 aromatic carbocycles. The highest BCUT2D eigenvalue weighted by molar-refractivity contribution is 6.30. The van der Waals surface area contributed by atoms with E-state index in [2.05, 4.69) is 15.3 Å². The van der Waals surface area contributed by atoms with Crippen molar-refractivity contribution in [2.45, 2.75) is 20.0 Å². The van der Waals surface area contributed by atoms with Crippen LogP contribution in [0.3, 0.4) is 0 Å². The summed E-state index contributed by atoms with van der Waals surface area (Å²) in [6, 6.07) is 6.08. The summed E-state index contributed by atoms with van der Waals surface area (Å²) in [5.74, 6) is -0.720. The number of pyridine rings is 2. The smallest absolute Gasteiger partial charge is 0.406 e. The van der Waals surface area contributed by atoms with Crippen molar-refractivity contribution < 1.29 is 14.5 Å². The second kappa shape index (κ2) is 7.01. The molecule has 0 aliphatic carbocycles. The van der Waals surface area contributed by atoms with Crippen LogP contribution < -0.4 is 10.1 Å². The molecule has 0 saturated carbocycles. The minimum absolute atomic E-state index is 0.0766. The first-order valence-corrected chi connectivity index (χ1v) is 6.95. The maximum absolute atomic E-state index is 12.1. The molecule has 0 aliphatic rings. The molecule has 0 fully saturated rings. The summed E-state index contributed by atoms with van der Waals surface area (Å²) in [7, 11) is 0. The molecule has 1 N–H and O–H groups in total. The lowest BCUT2D eigenvalue weighted by Gasteiger charge is -2.14. The fraction of sp³-hybridized carbons (Fsp3) is 0.214. The summed E-state index contributed by atoms with van der Waals surface area (Å²) in [6.45, 7) is 3.09. The van der Waals surface area contributed by atoms with Gasteiger partial charge in [0.1, 0.15) is 11.5 Å². The Morgan fingerprint density at radius 1 is 1.39 bits per heavy atom. The number of hydrogen-bond acceptors (Lipinski definition) is 6. The molecule has 0 bridgehead atoms. The van der Waals surface area contributed by atoms with Gasteiger partial charge in [0.05, 0.1) is 5.02 Å². The Bertz CT molecular complexity index is 736. The normalized spacial score (nSPS) is 11.6. The van der Waals surface area contributed by atoms with Crippen LogP contribution >= 0.6 is 11.6 Å². The SMILES string of the molecule is Cc1ccc(O[C@@H](C)C(=O)Nc2ccc(Cl)cn2)c([N+](=O)[O-])n1. The van der Waals surface area contributed by atoms with Gasteiger partial charge in [-0.3, -0.25) is 4.79 Å². The third-order valence-corrected chi connectivity index (χ3v) is 3.03. The number of amides is 1. The van der Waals surface area contributed by atoms with Crippen LogP contribution in [0.15, 0.2) is 30.5 Å². The van der Waals surface area contributed by atoms with Gasteiger partial charge in [0.25, 0.3) is 5.91 Å². The molecule has 2 heterocycles. The van der Waals surface area contributed by atoms with Crippen molar-refractivity contribution in [3.05, 3.63) is 51.3 Å². The zero-order valence-corrected chi connectivity index (χ0v) is 13.1. The Kier molecular flexibility index (Phi) is 5.07. The molecule has 1 atom stereocenters. The lowest BCUT2D eigenvalue weighted by Crippen LogP contribution is -2.30. The van der Waals surface area contributed by atoms with Crippen LogP contribution in [-0.4, -0.2) is 26.9 Å². The molecule has 2 rings (SSSR count). The Hall–Kier alpha value is -2.74. The van der Waals surface area contributed by atoms with E-state index in [0.29, 0.717) is 16.5 Å². The number of halogens is 1. The molecule has 0 saturated heterocycles. The minimum Gasteiger partial charge on any atom is -0.473 e. The molecule has 23 heavy (non-hydrogen) atoms. The maximum Gasteiger partial charge on any atom is 0.406 e. The van der Waals surface area contributed by atoms with Crippen molar-refractivity contribution in [1.82, 2.24) is 9.97 Å². The lowest BCUT2D eigenvalue weighted by atomic mass is 10.3. The standard InChI is InChI=1S/C14H13ClN4O4/c1-8-3-5-11(13(17-8)19(21)22)23-9(2)14(20)18-12-6-4-10(15)7-16-12/h3-7,9H,1-2H3,(H,16,18,20)/t9-/m0/s1. The van der Waals surface area contributed by atoms with E-state index in [9.17, 15) is 14.9 Å². The van der Waals surface area contributed by atoms with Gasteiger partial charge in [-0.15, -0.1) is 0 Å². The van der Waals surface area contributed by atoms with E-state index < -0.39 is 22.8 Å². The molecule has 0 spiro atoms. The molecule has 0 aliphatic heterocycles. The predicted molar refractivity (Wildman–Crippen MR) is 83.6 cm³/mol. The topological polar surface area (TPSA) is 107 Å². The van der Waals surface area contributed by atoms with Gasteiger partial charge >= 0.3 is 5.82 Å². The number of anilines is 1. The Labute approximate surface area is 136 Å². The van der Waals surface area contributed by atoms with Gasteiger partial charge in [0.15, 0.2) is 6.10 Å². The molecule has 8 nitrogen and oxygen atoms in total. The first-order chi connectivity index (χ1) is 10.9. The zero-order valence-electron chi connectivity index (χ0n) is 12.3. The van der Waals surface area contributed by atoms with Crippen LogP contribution in [0.5, 0.6) is 5.75 Å². The van der Waals surface area contributed by atoms with Gasteiger partial charge in [0, 0.05) is 13.1 Å². The van der Waals surface area contributed by atoms with Crippen molar-refractivity contribution in [2.24, 2.45) is 0 Å². The van der Waals surface area contributed by atoms with Gasteiger partial charge in [-0.1, -0.05) is 11.6 Å². The highest BCUT2D eigenvalue weighted by Gasteiger charge is 2.23. The van der Waals surface area contributed by atoms with Crippen LogP contribution in [0.1, 0.15) is 12.6 Å². The van der Waals surface area contributed by atoms with Gasteiger partial charge in [0.2, 0.25) is 5.75 Å². The molecule has 2 aromatic rings. The second-order valence-electron chi connectivity index (χ2n) is 4.64. The number of hydrogen-bond donors (Lipinski definition) is 1. The van der Waals surface area contributed by atoms with Gasteiger partial charge in [-0.25, -0.2) is 4.98 Å². The van der Waals surface area contributed by atoms with E-state index in [-0.39, 0.29) is 5.75 Å². The molecule has 0 unspecified atom stereocenters. The molecule has 9 heteroatoms. The first-order valence-electron chi connectivity index (χ1n) is 6.58. The molecular weight excluding hydrogens is 324 g/mol. The fourth-order valence-electron chi connectivity index (χ4n) is 1.67. The number of aryl methyl sites for hydroxylation is 1. The summed E-state index contributed by atoms with van der Waals surface area (Å²) in [4.78, 5) is 30.1. The van der Waals surface area contributed by atoms with Crippen LogP contribution in [0.2, 0.25) is 5.02 Å². The van der Waals surface area contributed by atoms with Crippen LogP contribution in [0, 0.1) is 17.0 Å². The van der Waals surface area contributed by atoms with E-state index in [0.717, 1.165) is 0 Å². The third kappa shape index (κ3) is 4.36. The molecule has 2 aromatic heterocycles. The lowest BCUT2D eigenvalue weighted by molar-refractivity contribution is -0.390. The Balaban J connectivity index is 2.09. The van der Waals surface area contributed by atoms with Crippen LogP contribution in [-0.2, 0) is 4.79 Å². The predicted octanol–water partition coefficient (Wildman–Crippen LogP) is 2.75. The zero-order chi connectivity index (χ0) is 17.0. The Morgan fingerprint density at radius 2 is 2.13 bits per heavy atom. The van der Waals surface area contributed by atoms with E-state index in [1.807, 2.05) is 0 Å². The number of carbonyl (C=O) groups is 1. The number of nitrogens with one attached hydrogen (secondary N) is 1. The summed E-state index contributed by atoms with van der Waals surface area (Å²) in [5, 5.41) is 14.0. The largest absolute Gasteiger partial charge is 0.473 e. The molecule has 1 amide bonds. The number of rotatable bonds is 5. The minimum atomic E-state index is -0.976. The quantitative estimate of drug-likeness (QED) is 0.664. The van der Waals surface area contributed by atoms with Gasteiger partial charge in [-0.2, -0.15) is 0 Å².